The Morgan fingerprint density at radius 1 is 1.00 bits per heavy atom. The molecule has 1 N–H and O–H groups in total. The number of anilines is 1. The topological polar surface area (TPSA) is 21.3 Å². The van der Waals surface area contributed by atoms with Gasteiger partial charge in [0, 0.05) is 24.2 Å². The number of fused-ring (bicyclic) bond motifs is 1. The van der Waals surface area contributed by atoms with Gasteiger partial charge in [0.1, 0.15) is 0 Å². The summed E-state index contributed by atoms with van der Waals surface area (Å²) in [6.07, 6.45) is 1.07. The van der Waals surface area contributed by atoms with Crippen LogP contribution < -0.4 is 5.32 Å². The van der Waals surface area contributed by atoms with Crippen LogP contribution in [-0.2, 0) is 4.74 Å². The highest BCUT2D eigenvalue weighted by molar-refractivity contribution is 5.94. The third-order valence-electron chi connectivity index (χ3n) is 4.20. The smallest absolute Gasteiger partial charge is 0.0508 e. The van der Waals surface area contributed by atoms with Gasteiger partial charge in [-0.1, -0.05) is 74.0 Å². The SMILES string of the molecule is CCCOCC(C)CNc1c(C)ccccc(C)cc2ccccc12. The van der Waals surface area contributed by atoms with E-state index in [1.165, 1.54) is 27.6 Å². The zero-order valence-electron chi connectivity index (χ0n) is 16.0. The summed E-state index contributed by atoms with van der Waals surface area (Å²) >= 11 is 0. The van der Waals surface area contributed by atoms with Crippen molar-refractivity contribution in [1.82, 2.24) is 0 Å². The van der Waals surface area contributed by atoms with Crippen LogP contribution in [0.15, 0.2) is 54.6 Å². The van der Waals surface area contributed by atoms with Gasteiger partial charge in [-0.05, 0) is 37.1 Å². The molecule has 0 amide bonds. The molecule has 0 saturated heterocycles. The molecule has 0 aliphatic heterocycles. The van der Waals surface area contributed by atoms with Gasteiger partial charge in [0.15, 0.2) is 0 Å². The van der Waals surface area contributed by atoms with E-state index < -0.39 is 0 Å². The van der Waals surface area contributed by atoms with Gasteiger partial charge < -0.3 is 10.1 Å². The fourth-order valence-corrected chi connectivity index (χ4v) is 2.85. The van der Waals surface area contributed by atoms with Gasteiger partial charge in [-0.2, -0.15) is 0 Å². The number of nitrogens with one attached hydrogen (secondary N) is 1. The molecule has 1 atom stereocenters. The van der Waals surface area contributed by atoms with Crippen molar-refractivity contribution < 1.29 is 4.74 Å². The fourth-order valence-electron chi connectivity index (χ4n) is 2.85. The first-order chi connectivity index (χ1) is 12.1. The van der Waals surface area contributed by atoms with Gasteiger partial charge >= 0.3 is 0 Å². The Kier molecular flexibility index (Phi) is 7.75. The summed E-state index contributed by atoms with van der Waals surface area (Å²) in [7, 11) is 0. The molecule has 0 aliphatic carbocycles. The first kappa shape index (κ1) is 19.3. The van der Waals surface area contributed by atoms with Crippen LogP contribution in [0.3, 0.4) is 0 Å². The standard InChI is InChI=1S/C23H31NO/c1-5-14-25-17-19(3)16-24-23-20(4)11-7-6-10-18(2)15-21-12-8-9-13-22(21)23/h6-13,15,19,24H,5,14,16-17H2,1-4H3. The second kappa shape index (κ2) is 10.0. The number of hydrogen-bond donors (Lipinski definition) is 1. The summed E-state index contributed by atoms with van der Waals surface area (Å²) < 4.78 is 5.69. The van der Waals surface area contributed by atoms with Crippen molar-refractivity contribution in [1.29, 1.82) is 0 Å². The Bertz CT molecular complexity index is 737. The molecule has 25 heavy (non-hydrogen) atoms. The van der Waals surface area contributed by atoms with E-state index in [9.17, 15) is 0 Å². The van der Waals surface area contributed by atoms with Gasteiger partial charge in [-0.3, -0.25) is 0 Å². The second-order valence-electron chi connectivity index (χ2n) is 6.81. The van der Waals surface area contributed by atoms with E-state index in [0.29, 0.717) is 5.92 Å². The molecule has 0 fully saturated rings. The maximum absolute atomic E-state index is 5.69. The van der Waals surface area contributed by atoms with E-state index in [1.54, 1.807) is 0 Å². The summed E-state index contributed by atoms with van der Waals surface area (Å²) in [5.74, 6) is 0.468. The summed E-state index contributed by atoms with van der Waals surface area (Å²) in [4.78, 5) is 0. The normalized spacial score (nSPS) is 11.8. The van der Waals surface area contributed by atoms with E-state index in [2.05, 4.69) is 87.6 Å². The minimum Gasteiger partial charge on any atom is -0.384 e. The number of rotatable bonds is 7. The van der Waals surface area contributed by atoms with Gasteiger partial charge in [0.25, 0.3) is 0 Å². The highest BCUT2D eigenvalue weighted by Crippen LogP contribution is 2.25. The molecule has 2 aromatic rings. The molecule has 1 unspecified atom stereocenters. The number of ether oxygens (including phenoxy) is 1. The molecule has 0 radical (unpaired) electrons. The molecular formula is C23H31NO. The van der Waals surface area contributed by atoms with Crippen molar-refractivity contribution in [3.63, 3.8) is 0 Å². The van der Waals surface area contributed by atoms with Crippen molar-refractivity contribution >= 4 is 16.5 Å². The van der Waals surface area contributed by atoms with Crippen LogP contribution in [0.2, 0.25) is 0 Å². The van der Waals surface area contributed by atoms with Gasteiger partial charge in [0.2, 0.25) is 0 Å². The van der Waals surface area contributed by atoms with Crippen molar-refractivity contribution in [3.8, 4) is 0 Å². The van der Waals surface area contributed by atoms with Crippen molar-refractivity contribution in [2.24, 2.45) is 5.92 Å². The van der Waals surface area contributed by atoms with Crippen molar-refractivity contribution in [2.75, 3.05) is 25.1 Å². The zero-order chi connectivity index (χ0) is 18.1. The molecule has 0 aromatic heterocycles. The Hall–Kier alpha value is -2.06. The van der Waals surface area contributed by atoms with Crippen LogP contribution >= 0.6 is 0 Å². The molecule has 0 saturated carbocycles. The number of hydrogen-bond acceptors (Lipinski definition) is 2. The maximum Gasteiger partial charge on any atom is 0.0508 e. The van der Waals surface area contributed by atoms with Crippen LogP contribution in [-0.4, -0.2) is 19.8 Å². The average Bonchev–Trinajstić information content (AvgIpc) is 2.60. The molecule has 134 valence electrons. The lowest BCUT2D eigenvalue weighted by Gasteiger charge is -2.16. The van der Waals surface area contributed by atoms with Crippen LogP contribution in [0.25, 0.3) is 10.8 Å². The van der Waals surface area contributed by atoms with Crippen LogP contribution in [0, 0.1) is 19.8 Å². The first-order valence-corrected chi connectivity index (χ1v) is 9.26. The van der Waals surface area contributed by atoms with Gasteiger partial charge in [-0.15, -0.1) is 0 Å². The molecule has 2 nitrogen and oxygen atoms in total. The highest BCUT2D eigenvalue weighted by Gasteiger charge is 2.06. The van der Waals surface area contributed by atoms with Crippen molar-refractivity contribution in [3.05, 3.63) is 65.7 Å². The molecule has 0 heterocycles. The molecule has 0 bridgehead atoms. The third-order valence-corrected chi connectivity index (χ3v) is 4.20. The molecular weight excluding hydrogens is 306 g/mol. The van der Waals surface area contributed by atoms with E-state index in [-0.39, 0.29) is 0 Å². The number of benzene rings is 1. The fraction of sp³-hybridized carbons (Fsp3) is 0.391. The molecule has 0 spiro atoms. The lowest BCUT2D eigenvalue weighted by atomic mass is 10.1. The Balaban J connectivity index is 2.38. The quantitative estimate of drug-likeness (QED) is 0.620. The monoisotopic (exact) mass is 337 g/mol. The third kappa shape index (κ3) is 6.06. The average molecular weight is 338 g/mol. The summed E-state index contributed by atoms with van der Waals surface area (Å²) in [6.45, 7) is 11.2. The predicted molar refractivity (Wildman–Crippen MR) is 110 cm³/mol. The zero-order valence-corrected chi connectivity index (χ0v) is 16.0. The van der Waals surface area contributed by atoms with Crippen LogP contribution in [0.5, 0.6) is 0 Å². The van der Waals surface area contributed by atoms with E-state index in [1.807, 2.05) is 0 Å². The first-order valence-electron chi connectivity index (χ1n) is 9.26. The van der Waals surface area contributed by atoms with E-state index in [4.69, 9.17) is 4.74 Å². The summed E-state index contributed by atoms with van der Waals surface area (Å²) in [5, 5.41) is 6.18. The Labute approximate surface area is 152 Å². The van der Waals surface area contributed by atoms with Crippen LogP contribution in [0.1, 0.15) is 31.4 Å². The Morgan fingerprint density at radius 3 is 2.52 bits per heavy atom. The summed E-state index contributed by atoms with van der Waals surface area (Å²) in [6, 6.07) is 19.4. The molecule has 2 rings (SSSR count). The predicted octanol–water partition coefficient (Wildman–Crippen LogP) is 6.06. The lowest BCUT2D eigenvalue weighted by Crippen LogP contribution is -2.17. The number of aryl methyl sites for hydroxylation is 2. The minimum absolute atomic E-state index is 0.468. The van der Waals surface area contributed by atoms with Crippen LogP contribution in [0.4, 0.5) is 5.69 Å². The highest BCUT2D eigenvalue weighted by atomic mass is 16.5. The lowest BCUT2D eigenvalue weighted by molar-refractivity contribution is 0.109. The van der Waals surface area contributed by atoms with Gasteiger partial charge in [0.05, 0.1) is 6.61 Å². The van der Waals surface area contributed by atoms with Crippen molar-refractivity contribution in [2.45, 2.75) is 34.1 Å². The molecule has 2 aromatic carbocycles. The van der Waals surface area contributed by atoms with E-state index in [0.717, 1.165) is 26.2 Å². The Morgan fingerprint density at radius 2 is 1.72 bits per heavy atom. The minimum atomic E-state index is 0.468. The largest absolute Gasteiger partial charge is 0.384 e. The molecule has 0 aliphatic rings. The maximum atomic E-state index is 5.69. The summed E-state index contributed by atoms with van der Waals surface area (Å²) in [5.41, 5.74) is 3.69. The second-order valence-corrected chi connectivity index (χ2v) is 6.81. The van der Waals surface area contributed by atoms with E-state index >= 15 is 0 Å². The van der Waals surface area contributed by atoms with Gasteiger partial charge in [-0.25, -0.2) is 0 Å². The molecule has 2 heteroatoms.